The van der Waals surface area contributed by atoms with Crippen molar-refractivity contribution in [2.75, 3.05) is 32.7 Å². The topological polar surface area (TPSA) is 90.0 Å². The van der Waals surface area contributed by atoms with Crippen LogP contribution in [0.2, 0.25) is 10.0 Å². The Labute approximate surface area is 191 Å². The first kappa shape index (κ1) is 23.3. The molecule has 3 rings (SSSR count). The predicted molar refractivity (Wildman–Crippen MR) is 117 cm³/mol. The highest BCUT2D eigenvalue weighted by Crippen LogP contribution is 2.25. The summed E-state index contributed by atoms with van der Waals surface area (Å²) >= 11 is 12.0. The minimum absolute atomic E-state index is 0.125. The first-order chi connectivity index (χ1) is 14.7. The van der Waals surface area contributed by atoms with E-state index in [-0.39, 0.29) is 30.9 Å². The zero-order chi connectivity index (χ0) is 22.7. The molecule has 2 heterocycles. The number of carbonyl (C=O) groups is 4. The van der Waals surface area contributed by atoms with E-state index in [0.29, 0.717) is 41.7 Å². The van der Waals surface area contributed by atoms with Crippen molar-refractivity contribution in [3.05, 3.63) is 33.8 Å². The van der Waals surface area contributed by atoms with Gasteiger partial charge in [0, 0.05) is 54.4 Å². The second kappa shape index (κ2) is 9.87. The van der Waals surface area contributed by atoms with Crippen LogP contribution >= 0.6 is 23.2 Å². The largest absolute Gasteiger partial charge is 0.346 e. The number of hydrogen-bond donors (Lipinski definition) is 1. The Morgan fingerprint density at radius 3 is 2.10 bits per heavy atom. The maximum atomic E-state index is 13.1. The Balaban J connectivity index is 1.62. The number of amides is 4. The molecule has 168 valence electrons. The molecule has 0 saturated carbocycles. The third kappa shape index (κ3) is 5.49. The fourth-order valence-electron chi connectivity index (χ4n) is 3.92. The van der Waals surface area contributed by atoms with Gasteiger partial charge in [0.05, 0.1) is 0 Å². The number of halogens is 2. The molecular formula is C21H26Cl2N4O4. The predicted octanol–water partition coefficient (Wildman–Crippen LogP) is 1.79. The van der Waals surface area contributed by atoms with Crippen LogP contribution in [0.15, 0.2) is 18.2 Å². The van der Waals surface area contributed by atoms with Crippen LogP contribution < -0.4 is 5.32 Å². The Hall–Kier alpha value is -2.32. The summed E-state index contributed by atoms with van der Waals surface area (Å²) in [6.45, 7) is 5.25. The molecule has 2 fully saturated rings. The number of piperazine rings is 1. The average Bonchev–Trinajstić information content (AvgIpc) is 3.20. The van der Waals surface area contributed by atoms with Gasteiger partial charge < -0.3 is 20.0 Å². The normalized spacial score (nSPS) is 19.0. The molecule has 0 radical (unpaired) electrons. The van der Waals surface area contributed by atoms with Gasteiger partial charge in [-0.05, 0) is 44.9 Å². The lowest BCUT2D eigenvalue weighted by atomic mass is 10.1. The number of nitrogens with zero attached hydrogens (tertiary/aromatic N) is 3. The van der Waals surface area contributed by atoms with Gasteiger partial charge in [-0.25, -0.2) is 0 Å². The highest BCUT2D eigenvalue weighted by atomic mass is 35.5. The lowest BCUT2D eigenvalue weighted by Crippen LogP contribution is -2.57. The number of benzene rings is 1. The number of nitrogens with one attached hydrogen (secondary N) is 1. The smallest absolute Gasteiger partial charge is 0.312 e. The van der Waals surface area contributed by atoms with E-state index in [9.17, 15) is 19.2 Å². The van der Waals surface area contributed by atoms with Gasteiger partial charge in [0.2, 0.25) is 5.91 Å². The molecule has 1 aromatic carbocycles. The monoisotopic (exact) mass is 468 g/mol. The standard InChI is InChI=1S/C21H26Cl2N4O4/c1-13(2)24-18(28)21(31)26-8-6-25(7-9-26)20(30)17-4-3-5-27(17)19(29)14-10-15(22)12-16(23)11-14/h10-13,17H,3-9H2,1-2H3,(H,24,28). The van der Waals surface area contributed by atoms with Crippen molar-refractivity contribution < 1.29 is 19.2 Å². The number of hydrogen-bond acceptors (Lipinski definition) is 4. The van der Waals surface area contributed by atoms with Crippen LogP contribution in [-0.2, 0) is 14.4 Å². The molecule has 0 bridgehead atoms. The van der Waals surface area contributed by atoms with E-state index in [4.69, 9.17) is 23.2 Å². The molecule has 8 nitrogen and oxygen atoms in total. The van der Waals surface area contributed by atoms with Crippen LogP contribution in [0, 0.1) is 0 Å². The maximum Gasteiger partial charge on any atom is 0.312 e. The second-order valence-corrected chi connectivity index (χ2v) is 8.93. The Kier molecular flexibility index (Phi) is 7.43. The third-order valence-corrected chi connectivity index (χ3v) is 5.84. The quantitative estimate of drug-likeness (QED) is 0.684. The van der Waals surface area contributed by atoms with E-state index in [1.54, 1.807) is 41.8 Å². The third-order valence-electron chi connectivity index (χ3n) is 5.40. The van der Waals surface area contributed by atoms with Gasteiger partial charge >= 0.3 is 11.8 Å². The highest BCUT2D eigenvalue weighted by molar-refractivity contribution is 6.35. The van der Waals surface area contributed by atoms with Crippen molar-refractivity contribution >= 4 is 46.8 Å². The van der Waals surface area contributed by atoms with Crippen LogP contribution in [0.5, 0.6) is 0 Å². The SMILES string of the molecule is CC(C)NC(=O)C(=O)N1CCN(C(=O)C2CCCN2C(=O)c2cc(Cl)cc(Cl)c2)CC1. The highest BCUT2D eigenvalue weighted by Gasteiger charge is 2.38. The molecule has 31 heavy (non-hydrogen) atoms. The van der Waals surface area contributed by atoms with E-state index >= 15 is 0 Å². The summed E-state index contributed by atoms with van der Waals surface area (Å²) in [7, 11) is 0. The van der Waals surface area contributed by atoms with Crippen LogP contribution in [0.1, 0.15) is 37.0 Å². The molecule has 1 aromatic rings. The van der Waals surface area contributed by atoms with Crippen LogP contribution in [0.4, 0.5) is 0 Å². The summed E-state index contributed by atoms with van der Waals surface area (Å²) in [5.41, 5.74) is 0.351. The number of rotatable bonds is 3. The van der Waals surface area contributed by atoms with Crippen LogP contribution in [0.25, 0.3) is 0 Å². The van der Waals surface area contributed by atoms with E-state index in [2.05, 4.69) is 5.32 Å². The molecule has 2 aliphatic heterocycles. The van der Waals surface area contributed by atoms with Gasteiger partial charge in [0.1, 0.15) is 6.04 Å². The molecule has 1 N–H and O–H groups in total. The minimum Gasteiger partial charge on any atom is -0.346 e. The Morgan fingerprint density at radius 1 is 0.935 bits per heavy atom. The minimum atomic E-state index is -0.637. The van der Waals surface area contributed by atoms with Crippen molar-refractivity contribution in [2.45, 2.75) is 38.8 Å². The Bertz CT molecular complexity index is 864. The second-order valence-electron chi connectivity index (χ2n) is 8.06. The zero-order valence-electron chi connectivity index (χ0n) is 17.6. The molecule has 4 amide bonds. The molecule has 0 aliphatic carbocycles. The van der Waals surface area contributed by atoms with Gasteiger partial charge in [-0.1, -0.05) is 23.2 Å². The summed E-state index contributed by atoms with van der Waals surface area (Å²) in [6, 6.07) is 3.95. The molecule has 1 unspecified atom stereocenters. The van der Waals surface area contributed by atoms with Crippen molar-refractivity contribution in [1.29, 1.82) is 0 Å². The van der Waals surface area contributed by atoms with Crippen LogP contribution in [0.3, 0.4) is 0 Å². The summed E-state index contributed by atoms with van der Waals surface area (Å²) in [5, 5.41) is 3.31. The molecule has 2 saturated heterocycles. The maximum absolute atomic E-state index is 13.1. The molecule has 10 heteroatoms. The molecule has 0 aromatic heterocycles. The van der Waals surface area contributed by atoms with Crippen molar-refractivity contribution in [2.24, 2.45) is 0 Å². The lowest BCUT2D eigenvalue weighted by Gasteiger charge is -2.37. The summed E-state index contributed by atoms with van der Waals surface area (Å²) in [5.74, 6) is -1.64. The van der Waals surface area contributed by atoms with Gasteiger partial charge in [-0.3, -0.25) is 19.2 Å². The molecule has 2 aliphatic rings. The van der Waals surface area contributed by atoms with Crippen molar-refractivity contribution in [1.82, 2.24) is 20.0 Å². The molecular weight excluding hydrogens is 443 g/mol. The van der Waals surface area contributed by atoms with E-state index in [1.165, 1.54) is 4.90 Å². The molecule has 0 spiro atoms. The Morgan fingerprint density at radius 2 is 1.52 bits per heavy atom. The number of likely N-dealkylation sites (tertiary alicyclic amines) is 1. The first-order valence-electron chi connectivity index (χ1n) is 10.3. The van der Waals surface area contributed by atoms with E-state index in [1.807, 2.05) is 0 Å². The van der Waals surface area contributed by atoms with Gasteiger partial charge in [0.15, 0.2) is 0 Å². The van der Waals surface area contributed by atoms with Gasteiger partial charge in [0.25, 0.3) is 5.91 Å². The van der Waals surface area contributed by atoms with Gasteiger partial charge in [-0.15, -0.1) is 0 Å². The zero-order valence-corrected chi connectivity index (χ0v) is 19.1. The van der Waals surface area contributed by atoms with Crippen molar-refractivity contribution in [3.63, 3.8) is 0 Å². The number of carbonyl (C=O) groups excluding carboxylic acids is 4. The lowest BCUT2D eigenvalue weighted by molar-refractivity contribution is -0.149. The first-order valence-corrected chi connectivity index (χ1v) is 11.1. The summed E-state index contributed by atoms with van der Waals surface area (Å²) in [4.78, 5) is 55.0. The average molecular weight is 469 g/mol. The fourth-order valence-corrected chi connectivity index (χ4v) is 4.44. The van der Waals surface area contributed by atoms with Gasteiger partial charge in [-0.2, -0.15) is 0 Å². The van der Waals surface area contributed by atoms with Crippen molar-refractivity contribution in [3.8, 4) is 0 Å². The van der Waals surface area contributed by atoms with E-state index in [0.717, 1.165) is 6.42 Å². The summed E-state index contributed by atoms with van der Waals surface area (Å²) in [6.07, 6.45) is 1.30. The summed E-state index contributed by atoms with van der Waals surface area (Å²) < 4.78 is 0. The molecule has 1 atom stereocenters. The van der Waals surface area contributed by atoms with Crippen LogP contribution in [-0.4, -0.2) is 83.1 Å². The fraction of sp³-hybridized carbons (Fsp3) is 0.524. The van der Waals surface area contributed by atoms with E-state index < -0.39 is 17.9 Å².